The Morgan fingerprint density at radius 3 is 2.38 bits per heavy atom. The van der Waals surface area contributed by atoms with Crippen LogP contribution in [0.1, 0.15) is 12.8 Å². The van der Waals surface area contributed by atoms with Crippen LogP contribution in [-0.4, -0.2) is 35.0 Å². The van der Waals surface area contributed by atoms with Crippen molar-refractivity contribution in [2.45, 2.75) is 25.1 Å². The van der Waals surface area contributed by atoms with Crippen molar-refractivity contribution in [3.8, 4) is 0 Å². The summed E-state index contributed by atoms with van der Waals surface area (Å²) < 4.78 is 37.4. The normalized spacial score (nSPS) is 29.3. The van der Waals surface area contributed by atoms with Crippen LogP contribution in [0.5, 0.6) is 0 Å². The molecule has 92 valence electrons. The van der Waals surface area contributed by atoms with Crippen LogP contribution in [-0.2, 0) is 4.79 Å². The predicted molar refractivity (Wildman–Crippen MR) is 48.5 cm³/mol. The zero-order valence-corrected chi connectivity index (χ0v) is 8.29. The first-order chi connectivity index (χ1) is 7.27. The number of carbonyl (C=O) groups is 1. The van der Waals surface area contributed by atoms with Gasteiger partial charge in [-0.1, -0.05) is 0 Å². The molecule has 0 aliphatic heterocycles. The molecule has 1 saturated carbocycles. The third-order valence-corrected chi connectivity index (χ3v) is 2.69. The molecular formula is C9H12F3NO3. The average molecular weight is 239 g/mol. The second kappa shape index (κ2) is 4.42. The number of aliphatic carboxylic acids is 1. The Balaban J connectivity index is 3.03. The number of carboxylic acid groups (broad SMARTS) is 1. The van der Waals surface area contributed by atoms with Crippen LogP contribution >= 0.6 is 0 Å². The maximum absolute atomic E-state index is 12.5. The molecular weight excluding hydrogens is 227 g/mol. The molecule has 4 N–H and O–H groups in total. The highest BCUT2D eigenvalue weighted by Gasteiger charge is 2.41. The molecule has 0 amide bonds. The molecule has 1 aliphatic rings. The lowest BCUT2D eigenvalue weighted by atomic mass is 10.0. The van der Waals surface area contributed by atoms with Crippen LogP contribution in [0.25, 0.3) is 0 Å². The first kappa shape index (κ1) is 13.0. The first-order valence-electron chi connectivity index (χ1n) is 4.65. The quantitative estimate of drug-likeness (QED) is 0.618. The van der Waals surface area contributed by atoms with E-state index in [-0.39, 0.29) is 18.4 Å². The van der Waals surface area contributed by atoms with Gasteiger partial charge in [0, 0.05) is 6.04 Å². The summed E-state index contributed by atoms with van der Waals surface area (Å²) in [5, 5.41) is 17.4. The van der Waals surface area contributed by atoms with E-state index in [0.29, 0.717) is 0 Å². The van der Waals surface area contributed by atoms with Gasteiger partial charge in [-0.25, -0.2) is 0 Å². The molecule has 0 heterocycles. The summed E-state index contributed by atoms with van der Waals surface area (Å²) >= 11 is 0. The lowest BCUT2D eigenvalue weighted by Gasteiger charge is -2.15. The molecule has 2 atom stereocenters. The van der Waals surface area contributed by atoms with E-state index in [4.69, 9.17) is 15.9 Å². The number of aliphatic hydroxyl groups is 1. The van der Waals surface area contributed by atoms with Crippen molar-refractivity contribution in [1.29, 1.82) is 0 Å². The van der Waals surface area contributed by atoms with Gasteiger partial charge in [-0.05, 0) is 18.4 Å². The minimum atomic E-state index is -4.66. The van der Waals surface area contributed by atoms with E-state index in [1.807, 2.05) is 0 Å². The Labute approximate surface area is 89.5 Å². The lowest BCUT2D eigenvalue weighted by Crippen LogP contribution is -2.25. The second-order valence-electron chi connectivity index (χ2n) is 3.74. The zero-order chi connectivity index (χ0) is 12.5. The van der Waals surface area contributed by atoms with Gasteiger partial charge in [0.1, 0.15) is 0 Å². The van der Waals surface area contributed by atoms with Gasteiger partial charge in [0.05, 0.1) is 18.1 Å². The molecule has 1 fully saturated rings. The van der Waals surface area contributed by atoms with Crippen molar-refractivity contribution in [1.82, 2.24) is 0 Å². The molecule has 0 aromatic heterocycles. The molecule has 7 heteroatoms. The number of hydrogen-bond acceptors (Lipinski definition) is 3. The molecule has 0 aromatic rings. The molecule has 16 heavy (non-hydrogen) atoms. The molecule has 0 aromatic carbocycles. The first-order valence-corrected chi connectivity index (χ1v) is 4.65. The number of carboxylic acids is 1. The van der Waals surface area contributed by atoms with Crippen molar-refractivity contribution >= 4 is 5.97 Å². The van der Waals surface area contributed by atoms with Crippen molar-refractivity contribution in [3.63, 3.8) is 0 Å². The third-order valence-electron chi connectivity index (χ3n) is 2.69. The Morgan fingerprint density at radius 2 is 2.06 bits per heavy atom. The molecule has 0 bridgehead atoms. The molecule has 1 rings (SSSR count). The fourth-order valence-corrected chi connectivity index (χ4v) is 1.86. The van der Waals surface area contributed by atoms with Crippen LogP contribution in [0.4, 0.5) is 13.2 Å². The second-order valence-corrected chi connectivity index (χ2v) is 3.74. The summed E-state index contributed by atoms with van der Waals surface area (Å²) in [7, 11) is 0. The van der Waals surface area contributed by atoms with Gasteiger partial charge in [0.25, 0.3) is 0 Å². The summed E-state index contributed by atoms with van der Waals surface area (Å²) in [4.78, 5) is 10.6. The van der Waals surface area contributed by atoms with E-state index >= 15 is 0 Å². The highest BCUT2D eigenvalue weighted by molar-refractivity contribution is 5.71. The largest absolute Gasteiger partial charge is 0.481 e. The number of alkyl halides is 3. The number of halogens is 3. The summed E-state index contributed by atoms with van der Waals surface area (Å²) in [6.07, 6.45) is -4.93. The number of hydrogen-bond donors (Lipinski definition) is 3. The van der Waals surface area contributed by atoms with Crippen molar-refractivity contribution in [2.24, 2.45) is 11.7 Å². The van der Waals surface area contributed by atoms with Crippen LogP contribution in [0.2, 0.25) is 0 Å². The van der Waals surface area contributed by atoms with E-state index in [2.05, 4.69) is 0 Å². The minimum Gasteiger partial charge on any atom is -0.481 e. The van der Waals surface area contributed by atoms with Crippen LogP contribution in [0, 0.1) is 5.92 Å². The Hall–Kier alpha value is -1.08. The summed E-state index contributed by atoms with van der Waals surface area (Å²) in [5.74, 6) is -2.06. The van der Waals surface area contributed by atoms with Gasteiger partial charge >= 0.3 is 12.1 Å². The predicted octanol–water partition coefficient (Wildman–Crippen LogP) is 0.659. The van der Waals surface area contributed by atoms with Crippen molar-refractivity contribution in [2.75, 3.05) is 6.61 Å². The van der Waals surface area contributed by atoms with Crippen LogP contribution in [0.3, 0.4) is 0 Å². The fourth-order valence-electron chi connectivity index (χ4n) is 1.86. The Bertz CT molecular complexity index is 324. The van der Waals surface area contributed by atoms with E-state index in [1.54, 1.807) is 0 Å². The SMILES string of the molecule is N[C@H]1C[C@@H](C(=O)O)C/C1=C(\CO)C(F)(F)F. The maximum Gasteiger partial charge on any atom is 0.414 e. The maximum atomic E-state index is 12.5. The minimum absolute atomic E-state index is 0.0236. The van der Waals surface area contributed by atoms with Crippen molar-refractivity contribution < 1.29 is 28.2 Å². The smallest absolute Gasteiger partial charge is 0.414 e. The molecule has 0 saturated heterocycles. The topological polar surface area (TPSA) is 83.6 Å². The summed E-state index contributed by atoms with van der Waals surface area (Å²) in [6.45, 7) is -1.17. The van der Waals surface area contributed by atoms with Gasteiger partial charge in [-0.3, -0.25) is 4.79 Å². The Kier molecular flexibility index (Phi) is 3.59. The van der Waals surface area contributed by atoms with E-state index in [9.17, 15) is 18.0 Å². The standard InChI is InChI=1S/C9H12F3NO3/c10-9(11,12)6(3-14)5-1-4(8(15)16)2-7(5)13/h4,7,14H,1-3,13H2,(H,15,16)/b6-5-/t4-,7-/m0/s1. The van der Waals surface area contributed by atoms with Gasteiger partial charge in [-0.15, -0.1) is 0 Å². The van der Waals surface area contributed by atoms with Gasteiger partial charge in [0.15, 0.2) is 0 Å². The number of nitrogens with two attached hydrogens (primary N) is 1. The highest BCUT2D eigenvalue weighted by Crippen LogP contribution is 2.37. The van der Waals surface area contributed by atoms with E-state index in [0.717, 1.165) is 0 Å². The molecule has 0 unspecified atom stereocenters. The average Bonchev–Trinajstić information content (AvgIpc) is 2.47. The molecule has 0 radical (unpaired) electrons. The van der Waals surface area contributed by atoms with Crippen molar-refractivity contribution in [3.05, 3.63) is 11.1 Å². The van der Waals surface area contributed by atoms with E-state index < -0.39 is 36.3 Å². The lowest BCUT2D eigenvalue weighted by molar-refractivity contribution is -0.141. The zero-order valence-electron chi connectivity index (χ0n) is 8.29. The highest BCUT2D eigenvalue weighted by atomic mass is 19.4. The van der Waals surface area contributed by atoms with Crippen LogP contribution < -0.4 is 5.73 Å². The van der Waals surface area contributed by atoms with Gasteiger partial charge < -0.3 is 15.9 Å². The summed E-state index contributed by atoms with van der Waals surface area (Å²) in [6, 6.07) is -0.940. The molecule has 1 aliphatic carbocycles. The Morgan fingerprint density at radius 1 is 1.50 bits per heavy atom. The van der Waals surface area contributed by atoms with Crippen LogP contribution in [0.15, 0.2) is 11.1 Å². The van der Waals surface area contributed by atoms with E-state index in [1.165, 1.54) is 0 Å². The summed E-state index contributed by atoms with van der Waals surface area (Å²) in [5.41, 5.74) is 4.15. The fraction of sp³-hybridized carbons (Fsp3) is 0.667. The third kappa shape index (κ3) is 2.53. The molecule has 4 nitrogen and oxygen atoms in total. The van der Waals surface area contributed by atoms with Gasteiger partial charge in [0.2, 0.25) is 0 Å². The number of aliphatic hydroxyl groups excluding tert-OH is 1. The molecule has 0 spiro atoms. The number of rotatable bonds is 2. The monoisotopic (exact) mass is 239 g/mol. The van der Waals surface area contributed by atoms with Gasteiger partial charge in [-0.2, -0.15) is 13.2 Å².